The zero-order valence-electron chi connectivity index (χ0n) is 8.18. The maximum absolute atomic E-state index is 10.7. The molecule has 0 aromatic heterocycles. The highest BCUT2D eigenvalue weighted by Crippen LogP contribution is 2.25. The van der Waals surface area contributed by atoms with Gasteiger partial charge in [0.2, 0.25) is 0 Å². The summed E-state index contributed by atoms with van der Waals surface area (Å²) in [6.07, 6.45) is 0.895. The smallest absolute Gasteiger partial charge is 0.292 e. The number of anilines is 1. The molecule has 0 spiro atoms. The van der Waals surface area contributed by atoms with E-state index < -0.39 is 0 Å². The van der Waals surface area contributed by atoms with Gasteiger partial charge in [-0.2, -0.15) is 0 Å². The molecule has 0 aliphatic carbocycles. The fraction of sp³-hybridized carbons (Fsp3) is 0.400. The molecule has 1 N–H and O–H groups in total. The molecule has 5 nitrogen and oxygen atoms in total. The quantitative estimate of drug-likeness (QED) is 0.607. The van der Waals surface area contributed by atoms with E-state index >= 15 is 0 Å². The summed E-state index contributed by atoms with van der Waals surface area (Å²) in [5.74, 6) is 0. The van der Waals surface area contributed by atoms with E-state index in [2.05, 4.69) is 5.32 Å². The van der Waals surface area contributed by atoms with E-state index in [1.54, 1.807) is 18.2 Å². The number of para-hydroxylation sites is 2. The van der Waals surface area contributed by atoms with E-state index in [1.165, 1.54) is 6.07 Å². The minimum absolute atomic E-state index is 0.115. The first-order chi connectivity index (χ1) is 7.27. The fourth-order valence-electron chi connectivity index (χ4n) is 1.62. The molecule has 80 valence electrons. The summed E-state index contributed by atoms with van der Waals surface area (Å²) in [4.78, 5) is 10.4. The van der Waals surface area contributed by atoms with Crippen LogP contribution in [-0.4, -0.2) is 24.2 Å². The van der Waals surface area contributed by atoms with Gasteiger partial charge in [0, 0.05) is 12.7 Å². The number of nitro benzene ring substituents is 1. The zero-order valence-corrected chi connectivity index (χ0v) is 8.18. The summed E-state index contributed by atoms with van der Waals surface area (Å²) in [6, 6.07) is 6.85. The number of benzene rings is 1. The Labute approximate surface area is 87.2 Å². The van der Waals surface area contributed by atoms with Crippen LogP contribution in [0.2, 0.25) is 0 Å². The molecule has 2 rings (SSSR count). The first kappa shape index (κ1) is 9.92. The zero-order chi connectivity index (χ0) is 10.7. The van der Waals surface area contributed by atoms with E-state index in [4.69, 9.17) is 4.74 Å². The molecule has 1 heterocycles. The Balaban J connectivity index is 2.15. The highest BCUT2D eigenvalue weighted by Gasteiger charge is 2.19. The van der Waals surface area contributed by atoms with Crippen LogP contribution in [0.25, 0.3) is 0 Å². The van der Waals surface area contributed by atoms with E-state index in [0.29, 0.717) is 12.3 Å². The van der Waals surface area contributed by atoms with Crippen LogP contribution in [0.4, 0.5) is 11.4 Å². The van der Waals surface area contributed by atoms with Crippen molar-refractivity contribution in [2.45, 2.75) is 12.5 Å². The van der Waals surface area contributed by atoms with Gasteiger partial charge in [-0.3, -0.25) is 10.1 Å². The number of nitro groups is 1. The largest absolute Gasteiger partial charge is 0.379 e. The number of rotatable bonds is 3. The molecule has 0 radical (unpaired) electrons. The molecule has 0 amide bonds. The molecular weight excluding hydrogens is 196 g/mol. The van der Waals surface area contributed by atoms with Gasteiger partial charge in [-0.1, -0.05) is 12.1 Å². The maximum atomic E-state index is 10.7. The third kappa shape index (κ3) is 2.24. The minimum atomic E-state index is -0.377. The Bertz CT molecular complexity index is 361. The number of nitrogens with one attached hydrogen (secondary N) is 1. The second-order valence-corrected chi connectivity index (χ2v) is 3.48. The first-order valence-electron chi connectivity index (χ1n) is 4.85. The fourth-order valence-corrected chi connectivity index (χ4v) is 1.62. The van der Waals surface area contributed by atoms with Gasteiger partial charge in [0.25, 0.3) is 5.69 Å². The SMILES string of the molecule is O=[N+]([O-])c1ccccc1N[C@@H]1CCOC1. The summed E-state index contributed by atoms with van der Waals surface area (Å²) in [7, 11) is 0. The minimum Gasteiger partial charge on any atom is -0.379 e. The Morgan fingerprint density at radius 1 is 1.47 bits per heavy atom. The lowest BCUT2D eigenvalue weighted by Crippen LogP contribution is -2.19. The lowest BCUT2D eigenvalue weighted by Gasteiger charge is -2.11. The normalized spacial score (nSPS) is 20.1. The molecule has 1 fully saturated rings. The third-order valence-corrected chi connectivity index (χ3v) is 2.39. The van der Waals surface area contributed by atoms with Crippen LogP contribution < -0.4 is 5.32 Å². The van der Waals surface area contributed by atoms with E-state index in [0.717, 1.165) is 13.0 Å². The van der Waals surface area contributed by atoms with Gasteiger partial charge in [0.05, 0.1) is 17.6 Å². The van der Waals surface area contributed by atoms with E-state index in [1.807, 2.05) is 0 Å². The van der Waals surface area contributed by atoms with Crippen LogP contribution in [0.3, 0.4) is 0 Å². The summed E-state index contributed by atoms with van der Waals surface area (Å²) >= 11 is 0. The predicted octanol–water partition coefficient (Wildman–Crippen LogP) is 1.80. The van der Waals surface area contributed by atoms with Gasteiger partial charge < -0.3 is 10.1 Å². The second-order valence-electron chi connectivity index (χ2n) is 3.48. The first-order valence-corrected chi connectivity index (χ1v) is 4.85. The van der Waals surface area contributed by atoms with Crippen LogP contribution >= 0.6 is 0 Å². The summed E-state index contributed by atoms with van der Waals surface area (Å²) in [6.45, 7) is 1.34. The van der Waals surface area contributed by atoms with Crippen LogP contribution in [0.15, 0.2) is 24.3 Å². The van der Waals surface area contributed by atoms with Crippen molar-refractivity contribution in [1.29, 1.82) is 0 Å². The summed E-state index contributed by atoms with van der Waals surface area (Å²) in [5.41, 5.74) is 0.683. The van der Waals surface area contributed by atoms with Gasteiger partial charge in [0.1, 0.15) is 5.69 Å². The molecule has 15 heavy (non-hydrogen) atoms. The van der Waals surface area contributed by atoms with Crippen LogP contribution in [0.5, 0.6) is 0 Å². The molecule has 1 aliphatic rings. The van der Waals surface area contributed by atoms with Crippen molar-refractivity contribution in [3.8, 4) is 0 Å². The van der Waals surface area contributed by atoms with Crippen molar-refractivity contribution in [3.05, 3.63) is 34.4 Å². The Hall–Kier alpha value is -1.62. The molecule has 1 aromatic rings. The van der Waals surface area contributed by atoms with Crippen LogP contribution in [0.1, 0.15) is 6.42 Å². The number of hydrogen-bond donors (Lipinski definition) is 1. The van der Waals surface area contributed by atoms with Gasteiger partial charge in [-0.15, -0.1) is 0 Å². The average molecular weight is 208 g/mol. The van der Waals surface area contributed by atoms with Crippen LogP contribution in [0, 0.1) is 10.1 Å². The predicted molar refractivity (Wildman–Crippen MR) is 55.9 cm³/mol. The standard InChI is InChI=1S/C10H12N2O3/c13-12(14)10-4-2-1-3-9(10)11-8-5-6-15-7-8/h1-4,8,11H,5-7H2/t8-/m1/s1. The molecule has 1 aromatic carbocycles. The topological polar surface area (TPSA) is 64.4 Å². The van der Waals surface area contributed by atoms with E-state index in [-0.39, 0.29) is 16.7 Å². The van der Waals surface area contributed by atoms with Gasteiger partial charge >= 0.3 is 0 Å². The van der Waals surface area contributed by atoms with Gasteiger partial charge in [-0.05, 0) is 12.5 Å². The molecule has 1 atom stereocenters. The number of hydrogen-bond acceptors (Lipinski definition) is 4. The highest BCUT2D eigenvalue weighted by atomic mass is 16.6. The highest BCUT2D eigenvalue weighted by molar-refractivity contribution is 5.61. The molecule has 0 unspecified atom stereocenters. The van der Waals surface area contributed by atoms with Crippen molar-refractivity contribution in [3.63, 3.8) is 0 Å². The average Bonchev–Trinajstić information content (AvgIpc) is 2.71. The number of nitrogens with zero attached hydrogens (tertiary/aromatic N) is 1. The summed E-state index contributed by atoms with van der Waals surface area (Å²) in [5, 5.41) is 13.9. The van der Waals surface area contributed by atoms with Crippen LogP contribution in [-0.2, 0) is 4.74 Å². The molecule has 1 aliphatic heterocycles. The van der Waals surface area contributed by atoms with Crippen molar-refractivity contribution < 1.29 is 9.66 Å². The molecule has 0 saturated carbocycles. The van der Waals surface area contributed by atoms with E-state index in [9.17, 15) is 10.1 Å². The van der Waals surface area contributed by atoms with Gasteiger partial charge in [0.15, 0.2) is 0 Å². The summed E-state index contributed by atoms with van der Waals surface area (Å²) < 4.78 is 5.20. The Morgan fingerprint density at radius 3 is 2.93 bits per heavy atom. The molecular formula is C10H12N2O3. The van der Waals surface area contributed by atoms with Crippen molar-refractivity contribution >= 4 is 11.4 Å². The number of ether oxygens (including phenoxy) is 1. The molecule has 1 saturated heterocycles. The van der Waals surface area contributed by atoms with Crippen molar-refractivity contribution in [1.82, 2.24) is 0 Å². The lowest BCUT2D eigenvalue weighted by atomic mass is 10.2. The second kappa shape index (κ2) is 4.27. The van der Waals surface area contributed by atoms with Crippen molar-refractivity contribution in [2.75, 3.05) is 18.5 Å². The monoisotopic (exact) mass is 208 g/mol. The molecule has 0 bridgehead atoms. The Morgan fingerprint density at radius 2 is 2.27 bits per heavy atom. The lowest BCUT2D eigenvalue weighted by molar-refractivity contribution is -0.384. The maximum Gasteiger partial charge on any atom is 0.292 e. The molecule has 5 heteroatoms. The van der Waals surface area contributed by atoms with Gasteiger partial charge in [-0.25, -0.2) is 0 Å². The third-order valence-electron chi connectivity index (χ3n) is 2.39. The Kier molecular flexibility index (Phi) is 2.82. The van der Waals surface area contributed by atoms with Crippen molar-refractivity contribution in [2.24, 2.45) is 0 Å².